The Kier molecular flexibility index (Phi) is 3.57. The maximum Gasteiger partial charge on any atom is 0.433 e. The van der Waals surface area contributed by atoms with Gasteiger partial charge in [-0.15, -0.1) is 0 Å². The van der Waals surface area contributed by atoms with E-state index in [0.29, 0.717) is 47.2 Å². The van der Waals surface area contributed by atoms with E-state index in [2.05, 4.69) is 15.1 Å². The summed E-state index contributed by atoms with van der Waals surface area (Å²) in [4.78, 5) is 10.0. The van der Waals surface area contributed by atoms with E-state index in [4.69, 9.17) is 4.74 Å². The third kappa shape index (κ3) is 2.46. The fourth-order valence-electron chi connectivity index (χ4n) is 3.21. The number of hydrogen-bond acceptors (Lipinski definition) is 5. The molecule has 0 aromatic carbocycles. The second-order valence-electron chi connectivity index (χ2n) is 6.24. The van der Waals surface area contributed by atoms with Gasteiger partial charge in [-0.05, 0) is 26.0 Å². The number of fused-ring (bicyclic) bond motifs is 3. The monoisotopic (exact) mass is 363 g/mol. The van der Waals surface area contributed by atoms with Gasteiger partial charge in [0.05, 0.1) is 17.9 Å². The van der Waals surface area contributed by atoms with Crippen LogP contribution < -0.4 is 9.64 Å². The van der Waals surface area contributed by atoms with Gasteiger partial charge < -0.3 is 9.64 Å². The quantitative estimate of drug-likeness (QED) is 0.664. The van der Waals surface area contributed by atoms with E-state index < -0.39 is 11.9 Å². The lowest BCUT2D eigenvalue weighted by molar-refractivity contribution is -0.141. The Morgan fingerprint density at radius 2 is 1.96 bits per heavy atom. The van der Waals surface area contributed by atoms with Gasteiger partial charge in [-0.3, -0.25) is 4.98 Å². The van der Waals surface area contributed by atoms with E-state index in [1.165, 1.54) is 6.07 Å². The number of aryl methyl sites for hydroxylation is 2. The zero-order chi connectivity index (χ0) is 18.6. The number of alkyl halides is 3. The van der Waals surface area contributed by atoms with Gasteiger partial charge >= 0.3 is 6.18 Å². The van der Waals surface area contributed by atoms with Crippen molar-refractivity contribution in [3.8, 4) is 17.0 Å². The first-order chi connectivity index (χ1) is 12.3. The van der Waals surface area contributed by atoms with E-state index in [1.54, 1.807) is 11.4 Å². The van der Waals surface area contributed by atoms with E-state index in [9.17, 15) is 13.2 Å². The van der Waals surface area contributed by atoms with Gasteiger partial charge in [-0.2, -0.15) is 18.3 Å². The van der Waals surface area contributed by atoms with Crippen LogP contribution in [0, 0.1) is 13.8 Å². The summed E-state index contributed by atoms with van der Waals surface area (Å²) in [5.41, 5.74) is 2.53. The largest absolute Gasteiger partial charge is 0.487 e. The Balaban J connectivity index is 1.99. The second-order valence-corrected chi connectivity index (χ2v) is 6.24. The van der Waals surface area contributed by atoms with E-state index in [0.717, 1.165) is 18.0 Å². The summed E-state index contributed by atoms with van der Waals surface area (Å²) in [6.45, 7) is 4.81. The van der Waals surface area contributed by atoms with E-state index in [1.807, 2.05) is 18.9 Å². The molecule has 0 N–H and O–H groups in total. The topological polar surface area (TPSA) is 55.6 Å². The Labute approximate surface area is 147 Å². The fraction of sp³-hybridized carbons (Fsp3) is 0.353. The van der Waals surface area contributed by atoms with Crippen LogP contribution in [0.25, 0.3) is 16.9 Å². The maximum atomic E-state index is 13.0. The van der Waals surface area contributed by atoms with Crippen LogP contribution in [-0.4, -0.2) is 39.8 Å². The molecule has 0 fully saturated rings. The molecule has 26 heavy (non-hydrogen) atoms. The van der Waals surface area contributed by atoms with Crippen LogP contribution in [-0.2, 0) is 6.18 Å². The average molecular weight is 363 g/mol. The highest BCUT2D eigenvalue weighted by Crippen LogP contribution is 2.39. The molecule has 0 amide bonds. The van der Waals surface area contributed by atoms with Crippen LogP contribution in [0.4, 0.5) is 18.9 Å². The van der Waals surface area contributed by atoms with Crippen molar-refractivity contribution in [3.05, 3.63) is 35.4 Å². The molecule has 4 rings (SSSR count). The molecule has 0 spiro atoms. The molecule has 0 saturated carbocycles. The molecule has 9 heteroatoms. The normalized spacial score (nSPS) is 14.5. The molecule has 3 aromatic heterocycles. The van der Waals surface area contributed by atoms with Crippen molar-refractivity contribution in [2.24, 2.45) is 0 Å². The van der Waals surface area contributed by atoms with Crippen molar-refractivity contribution in [1.29, 1.82) is 0 Å². The summed E-state index contributed by atoms with van der Waals surface area (Å²) in [5, 5.41) is 4.51. The predicted octanol–water partition coefficient (Wildman–Crippen LogP) is 3.26. The number of imidazole rings is 1. The minimum absolute atomic E-state index is 0.364. The van der Waals surface area contributed by atoms with Gasteiger partial charge in [0.15, 0.2) is 11.4 Å². The number of halogens is 3. The fourth-order valence-corrected chi connectivity index (χ4v) is 3.21. The number of ether oxygens (including phenoxy) is 1. The Morgan fingerprint density at radius 3 is 2.69 bits per heavy atom. The van der Waals surface area contributed by atoms with Crippen molar-refractivity contribution in [3.63, 3.8) is 0 Å². The number of anilines is 1. The Morgan fingerprint density at radius 1 is 1.19 bits per heavy atom. The summed E-state index contributed by atoms with van der Waals surface area (Å²) in [6, 6.07) is 2.55. The van der Waals surface area contributed by atoms with Crippen molar-refractivity contribution in [2.45, 2.75) is 20.0 Å². The van der Waals surface area contributed by atoms with Gasteiger partial charge in [0.25, 0.3) is 0 Å². The lowest BCUT2D eigenvalue weighted by atomic mass is 10.1. The van der Waals surface area contributed by atoms with Gasteiger partial charge in [-0.1, -0.05) is 0 Å². The zero-order valence-corrected chi connectivity index (χ0v) is 14.4. The summed E-state index contributed by atoms with van der Waals surface area (Å²) in [5.74, 6) is 0.661. The molecular weight excluding hydrogens is 347 g/mol. The molecule has 136 valence electrons. The smallest absolute Gasteiger partial charge is 0.433 e. The van der Waals surface area contributed by atoms with Crippen molar-refractivity contribution in [2.75, 3.05) is 25.1 Å². The molecule has 0 radical (unpaired) electrons. The Hall–Kier alpha value is -2.84. The average Bonchev–Trinajstić information content (AvgIpc) is 2.90. The van der Waals surface area contributed by atoms with Crippen LogP contribution in [0.2, 0.25) is 0 Å². The summed E-state index contributed by atoms with van der Waals surface area (Å²) in [6.07, 6.45) is -3.36. The van der Waals surface area contributed by atoms with E-state index >= 15 is 0 Å². The molecule has 3 aromatic rings. The van der Waals surface area contributed by atoms with Crippen LogP contribution in [0.1, 0.15) is 17.1 Å². The molecule has 0 saturated heterocycles. The van der Waals surface area contributed by atoms with Gasteiger partial charge in [0.2, 0.25) is 0 Å². The minimum atomic E-state index is -4.51. The first-order valence-electron chi connectivity index (χ1n) is 8.05. The molecule has 0 unspecified atom stereocenters. The van der Waals surface area contributed by atoms with Crippen LogP contribution in [0.5, 0.6) is 5.75 Å². The molecule has 1 aliphatic rings. The first-order valence-corrected chi connectivity index (χ1v) is 8.05. The number of hydrogen-bond donors (Lipinski definition) is 0. The Bertz CT molecular complexity index is 1010. The first kappa shape index (κ1) is 16.6. The van der Waals surface area contributed by atoms with E-state index in [-0.39, 0.29) is 0 Å². The number of likely N-dealkylation sites (N-methyl/N-ethyl adjacent to an activating group) is 1. The number of pyridine rings is 1. The molecule has 0 bridgehead atoms. The van der Waals surface area contributed by atoms with Crippen molar-refractivity contribution < 1.29 is 17.9 Å². The highest BCUT2D eigenvalue weighted by molar-refractivity contribution is 5.81. The summed E-state index contributed by atoms with van der Waals surface area (Å²) in [7, 11) is 1.93. The summed E-state index contributed by atoms with van der Waals surface area (Å²) >= 11 is 0. The van der Waals surface area contributed by atoms with Gasteiger partial charge in [0, 0.05) is 18.8 Å². The zero-order valence-electron chi connectivity index (χ0n) is 14.4. The van der Waals surface area contributed by atoms with Crippen molar-refractivity contribution >= 4 is 11.3 Å². The SMILES string of the molecule is Cc1nn2c(-c3ccnc(C(F)(F)F)c3)c(C)nc2c2c1OCCN2C. The molecule has 0 aliphatic carbocycles. The number of aromatic nitrogens is 4. The van der Waals surface area contributed by atoms with Crippen LogP contribution in [0.15, 0.2) is 18.3 Å². The molecule has 4 heterocycles. The standard InChI is InChI=1S/C17H16F3N5O/c1-9-13(11-4-5-21-12(8-11)17(18,19)20)25-16(22-9)14-15(10(2)23-25)26-7-6-24(14)3/h4-5,8H,6-7H2,1-3H3. The lowest BCUT2D eigenvalue weighted by Crippen LogP contribution is -2.30. The highest BCUT2D eigenvalue weighted by Gasteiger charge is 2.33. The molecule has 6 nitrogen and oxygen atoms in total. The van der Waals surface area contributed by atoms with Crippen molar-refractivity contribution in [1.82, 2.24) is 19.6 Å². The minimum Gasteiger partial charge on any atom is -0.487 e. The maximum absolute atomic E-state index is 13.0. The molecular formula is C17H16F3N5O. The number of rotatable bonds is 1. The van der Waals surface area contributed by atoms with Crippen LogP contribution in [0.3, 0.4) is 0 Å². The van der Waals surface area contributed by atoms with Gasteiger partial charge in [-0.25, -0.2) is 9.50 Å². The predicted molar refractivity (Wildman–Crippen MR) is 89.5 cm³/mol. The molecule has 1 aliphatic heterocycles. The third-order valence-electron chi connectivity index (χ3n) is 4.41. The lowest BCUT2D eigenvalue weighted by Gasteiger charge is -2.28. The third-order valence-corrected chi connectivity index (χ3v) is 4.41. The van der Waals surface area contributed by atoms with Crippen LogP contribution >= 0.6 is 0 Å². The van der Waals surface area contributed by atoms with Gasteiger partial charge in [0.1, 0.15) is 23.7 Å². The highest BCUT2D eigenvalue weighted by atomic mass is 19.4. The summed E-state index contributed by atoms with van der Waals surface area (Å²) < 4.78 is 46.4. The molecule has 0 atom stereocenters. The number of nitrogens with zero attached hydrogens (tertiary/aromatic N) is 5. The second kappa shape index (κ2) is 5.58.